The summed E-state index contributed by atoms with van der Waals surface area (Å²) in [4.78, 5) is 27.1. The van der Waals surface area contributed by atoms with Crippen LogP contribution in [0.5, 0.6) is 0 Å². The lowest BCUT2D eigenvalue weighted by molar-refractivity contribution is -0.145. The molecule has 2 saturated heterocycles. The topological polar surface area (TPSA) is 104 Å². The molecular formula is C25H30N2O6S. The lowest BCUT2D eigenvalue weighted by Gasteiger charge is -2.39. The second-order valence-corrected chi connectivity index (χ2v) is 11.1. The van der Waals surface area contributed by atoms with Gasteiger partial charge < -0.3 is 14.7 Å². The van der Waals surface area contributed by atoms with Crippen LogP contribution >= 0.6 is 0 Å². The molecule has 4 rings (SSSR count). The predicted molar refractivity (Wildman–Crippen MR) is 126 cm³/mol. The third-order valence-corrected chi connectivity index (χ3v) is 8.57. The van der Waals surface area contributed by atoms with E-state index >= 15 is 0 Å². The number of amides is 1. The Hall–Kier alpha value is -2.75. The fourth-order valence-corrected chi connectivity index (χ4v) is 6.56. The Bertz CT molecular complexity index is 1150. The molecule has 2 aliphatic heterocycles. The van der Waals surface area contributed by atoms with Crippen LogP contribution in [0, 0.1) is 0 Å². The summed E-state index contributed by atoms with van der Waals surface area (Å²) in [6.07, 6.45) is 0.158. The maximum absolute atomic E-state index is 13.2. The first kappa shape index (κ1) is 24.4. The Labute approximate surface area is 200 Å². The number of carbonyl (C=O) groups is 2. The second kappa shape index (κ2) is 9.48. The molecule has 0 aliphatic carbocycles. The van der Waals surface area contributed by atoms with E-state index in [1.165, 1.54) is 16.4 Å². The molecule has 2 atom stereocenters. The van der Waals surface area contributed by atoms with Gasteiger partial charge in [0, 0.05) is 31.7 Å². The van der Waals surface area contributed by atoms with E-state index in [0.29, 0.717) is 12.8 Å². The quantitative estimate of drug-likeness (QED) is 0.697. The van der Waals surface area contributed by atoms with Crippen molar-refractivity contribution in [2.75, 3.05) is 26.2 Å². The van der Waals surface area contributed by atoms with Crippen LogP contribution in [-0.4, -0.2) is 73.0 Å². The molecule has 2 heterocycles. The molecule has 0 saturated carbocycles. The van der Waals surface area contributed by atoms with Gasteiger partial charge in [-0.05, 0) is 50.5 Å². The van der Waals surface area contributed by atoms with Crippen molar-refractivity contribution in [2.45, 2.75) is 49.2 Å². The highest BCUT2D eigenvalue weighted by Crippen LogP contribution is 2.36. The third kappa shape index (κ3) is 4.60. The largest absolute Gasteiger partial charge is 0.481 e. The monoisotopic (exact) mass is 486 g/mol. The molecule has 8 nitrogen and oxygen atoms in total. The van der Waals surface area contributed by atoms with Crippen molar-refractivity contribution in [3.8, 4) is 0 Å². The fraction of sp³-hybridized carbons (Fsp3) is 0.440. The lowest BCUT2D eigenvalue weighted by atomic mass is 9.73. The maximum atomic E-state index is 13.2. The van der Waals surface area contributed by atoms with Crippen LogP contribution in [0.4, 0.5) is 0 Å². The molecule has 9 heteroatoms. The van der Waals surface area contributed by atoms with Crippen LogP contribution in [0.3, 0.4) is 0 Å². The van der Waals surface area contributed by atoms with Crippen molar-refractivity contribution < 1.29 is 27.9 Å². The summed E-state index contributed by atoms with van der Waals surface area (Å²) in [6.45, 7) is 4.73. The van der Waals surface area contributed by atoms with E-state index in [4.69, 9.17) is 4.74 Å². The summed E-state index contributed by atoms with van der Waals surface area (Å²) in [7, 11) is -3.78. The van der Waals surface area contributed by atoms with E-state index < -0.39 is 21.4 Å². The first-order valence-electron chi connectivity index (χ1n) is 11.5. The van der Waals surface area contributed by atoms with Crippen LogP contribution < -0.4 is 0 Å². The van der Waals surface area contributed by atoms with Gasteiger partial charge in [-0.25, -0.2) is 8.42 Å². The van der Waals surface area contributed by atoms with Gasteiger partial charge in [-0.1, -0.05) is 36.4 Å². The van der Waals surface area contributed by atoms with Crippen molar-refractivity contribution in [1.82, 2.24) is 9.21 Å². The zero-order valence-corrected chi connectivity index (χ0v) is 20.2. The van der Waals surface area contributed by atoms with Gasteiger partial charge in [0.1, 0.15) is 0 Å². The molecule has 0 radical (unpaired) electrons. The molecular weight excluding hydrogens is 456 g/mol. The highest BCUT2D eigenvalue weighted by Gasteiger charge is 2.44. The van der Waals surface area contributed by atoms with E-state index in [1.807, 2.05) is 44.2 Å². The zero-order chi connectivity index (χ0) is 24.5. The number of sulfonamides is 1. The number of morpholine rings is 1. The molecule has 2 fully saturated rings. The molecule has 2 aliphatic rings. The Kier molecular flexibility index (Phi) is 6.80. The number of hydrogen-bond acceptors (Lipinski definition) is 5. The summed E-state index contributed by atoms with van der Waals surface area (Å²) in [5, 5.41) is 9.99. The molecule has 1 N–H and O–H groups in total. The third-order valence-electron chi connectivity index (χ3n) is 6.74. The van der Waals surface area contributed by atoms with E-state index in [9.17, 15) is 23.1 Å². The second-order valence-electron chi connectivity index (χ2n) is 9.15. The number of benzene rings is 2. The molecule has 34 heavy (non-hydrogen) atoms. The number of piperidine rings is 1. The molecule has 0 bridgehead atoms. The van der Waals surface area contributed by atoms with E-state index in [1.54, 1.807) is 17.0 Å². The van der Waals surface area contributed by atoms with Gasteiger partial charge >= 0.3 is 5.97 Å². The minimum Gasteiger partial charge on any atom is -0.481 e. The molecule has 2 aromatic carbocycles. The first-order valence-corrected chi connectivity index (χ1v) is 12.9. The highest BCUT2D eigenvalue weighted by atomic mass is 32.2. The fourth-order valence-electron chi connectivity index (χ4n) is 4.92. The first-order chi connectivity index (χ1) is 16.1. The average molecular weight is 487 g/mol. The van der Waals surface area contributed by atoms with Gasteiger partial charge in [0.05, 0.1) is 22.5 Å². The van der Waals surface area contributed by atoms with E-state index in [2.05, 4.69) is 0 Å². The number of likely N-dealkylation sites (tertiary alicyclic amines) is 1. The van der Waals surface area contributed by atoms with Crippen LogP contribution in [0.2, 0.25) is 0 Å². The predicted octanol–water partition coefficient (Wildman–Crippen LogP) is 2.74. The molecule has 2 aromatic rings. The molecule has 0 aromatic heterocycles. The highest BCUT2D eigenvalue weighted by molar-refractivity contribution is 7.89. The lowest BCUT2D eigenvalue weighted by Crippen LogP contribution is -2.49. The number of nitrogens with zero attached hydrogens (tertiary/aromatic N) is 2. The normalized spacial score (nSPS) is 23.4. The standard InChI is InChI=1S/C25H30N2O6S/c1-18-16-27(17-19(2)33-18)34(31,32)22-10-6-7-20(15-22)23(28)26-13-11-25(12-14-26,24(29)30)21-8-4-3-5-9-21/h3-10,15,18-19H,11-14,16-17H2,1-2H3,(H,29,30)/t18-,19-/m1/s1. The van der Waals surface area contributed by atoms with Gasteiger partial charge in [-0.15, -0.1) is 0 Å². The van der Waals surface area contributed by atoms with E-state index in [0.717, 1.165) is 5.56 Å². The number of carboxylic acids is 1. The van der Waals surface area contributed by atoms with Crippen molar-refractivity contribution in [3.05, 3.63) is 65.7 Å². The summed E-state index contributed by atoms with van der Waals surface area (Å²) < 4.78 is 33.5. The number of hydrogen-bond donors (Lipinski definition) is 1. The summed E-state index contributed by atoms with van der Waals surface area (Å²) in [6, 6.07) is 15.2. The van der Waals surface area contributed by atoms with Crippen LogP contribution in [0.25, 0.3) is 0 Å². The van der Waals surface area contributed by atoms with Gasteiger partial charge in [0.2, 0.25) is 10.0 Å². The number of carbonyl (C=O) groups excluding carboxylic acids is 1. The minimum absolute atomic E-state index is 0.0702. The van der Waals surface area contributed by atoms with Gasteiger partial charge in [-0.3, -0.25) is 9.59 Å². The van der Waals surface area contributed by atoms with Crippen molar-refractivity contribution in [2.24, 2.45) is 0 Å². The zero-order valence-electron chi connectivity index (χ0n) is 19.4. The summed E-state index contributed by atoms with van der Waals surface area (Å²) in [5.41, 5.74) is -0.0259. The Morgan fingerprint density at radius 1 is 0.971 bits per heavy atom. The Morgan fingerprint density at radius 2 is 1.59 bits per heavy atom. The van der Waals surface area contributed by atoms with Crippen LogP contribution in [-0.2, 0) is 25.0 Å². The smallest absolute Gasteiger partial charge is 0.314 e. The SMILES string of the molecule is C[C@@H]1CN(S(=O)(=O)c2cccc(C(=O)N3CCC(C(=O)O)(c4ccccc4)CC3)c2)C[C@@H](C)O1. The Balaban J connectivity index is 1.52. The number of rotatable bonds is 5. The number of ether oxygens (including phenoxy) is 1. The van der Waals surface area contributed by atoms with Crippen LogP contribution in [0.1, 0.15) is 42.6 Å². The summed E-state index contributed by atoms with van der Waals surface area (Å²) >= 11 is 0. The van der Waals surface area contributed by atoms with Crippen molar-refractivity contribution in [1.29, 1.82) is 0 Å². The van der Waals surface area contributed by atoms with Crippen LogP contribution in [0.15, 0.2) is 59.5 Å². The van der Waals surface area contributed by atoms with Crippen molar-refractivity contribution >= 4 is 21.9 Å². The molecule has 0 unspecified atom stereocenters. The molecule has 1 amide bonds. The maximum Gasteiger partial charge on any atom is 0.314 e. The minimum atomic E-state index is -3.78. The van der Waals surface area contributed by atoms with Gasteiger partial charge in [-0.2, -0.15) is 4.31 Å². The average Bonchev–Trinajstić information content (AvgIpc) is 2.83. The number of carboxylic acid groups (broad SMARTS) is 1. The Morgan fingerprint density at radius 3 is 2.18 bits per heavy atom. The summed E-state index contributed by atoms with van der Waals surface area (Å²) in [5.74, 6) is -1.19. The van der Waals surface area contributed by atoms with Gasteiger partial charge in [0.15, 0.2) is 0 Å². The molecule has 0 spiro atoms. The van der Waals surface area contributed by atoms with Gasteiger partial charge in [0.25, 0.3) is 5.91 Å². The van der Waals surface area contributed by atoms with Crippen molar-refractivity contribution in [3.63, 3.8) is 0 Å². The molecule has 182 valence electrons. The number of aliphatic carboxylic acids is 1. The van der Waals surface area contributed by atoms with E-state index in [-0.39, 0.29) is 54.8 Å².